The molecule has 0 amide bonds. The highest BCUT2D eigenvalue weighted by Crippen LogP contribution is 2.32. The van der Waals surface area contributed by atoms with Gasteiger partial charge in [0.25, 0.3) is 0 Å². The van der Waals surface area contributed by atoms with Gasteiger partial charge in [0.1, 0.15) is 24.5 Å². The van der Waals surface area contributed by atoms with Crippen LogP contribution < -0.4 is 14.2 Å². The Morgan fingerprint density at radius 2 is 1.60 bits per heavy atom. The van der Waals surface area contributed by atoms with E-state index in [1.807, 2.05) is 24.3 Å². The number of benzene rings is 2. The van der Waals surface area contributed by atoms with Gasteiger partial charge in [0.15, 0.2) is 11.5 Å². The van der Waals surface area contributed by atoms with Crippen molar-refractivity contribution in [1.29, 1.82) is 0 Å². The normalized spacial score (nSPS) is 11.0. The molecule has 134 valence electrons. The van der Waals surface area contributed by atoms with Crippen LogP contribution in [0.3, 0.4) is 0 Å². The van der Waals surface area contributed by atoms with E-state index in [-0.39, 0.29) is 23.3 Å². The average Bonchev–Trinajstić information content (AvgIpc) is 2.57. The van der Waals surface area contributed by atoms with Crippen LogP contribution in [0.4, 0.5) is 0 Å². The molecule has 0 spiro atoms. The molecule has 2 aromatic rings. The van der Waals surface area contributed by atoms with E-state index >= 15 is 0 Å². The maximum Gasteiger partial charge on any atom is 0.339 e. The van der Waals surface area contributed by atoms with Crippen molar-refractivity contribution in [1.82, 2.24) is 0 Å². The molecule has 0 bridgehead atoms. The Labute approximate surface area is 148 Å². The number of methoxy groups -OCH3 is 1. The summed E-state index contributed by atoms with van der Waals surface area (Å²) in [6.45, 7) is 6.88. The number of carboxylic acids is 1. The number of hydrogen-bond acceptors (Lipinski definition) is 4. The first-order chi connectivity index (χ1) is 11.8. The Kier molecular flexibility index (Phi) is 5.91. The molecule has 2 aromatic carbocycles. The van der Waals surface area contributed by atoms with Gasteiger partial charge in [0, 0.05) is 0 Å². The summed E-state index contributed by atoms with van der Waals surface area (Å²) >= 11 is 0. The smallest absolute Gasteiger partial charge is 0.339 e. The zero-order valence-corrected chi connectivity index (χ0v) is 15.0. The van der Waals surface area contributed by atoms with E-state index in [4.69, 9.17) is 14.2 Å². The number of aromatic carboxylic acids is 1. The van der Waals surface area contributed by atoms with E-state index in [2.05, 4.69) is 20.8 Å². The molecule has 0 aliphatic heterocycles. The van der Waals surface area contributed by atoms with Gasteiger partial charge in [-0.2, -0.15) is 0 Å². The molecule has 0 saturated heterocycles. The number of para-hydroxylation sites is 2. The van der Waals surface area contributed by atoms with Gasteiger partial charge in [-0.25, -0.2) is 4.79 Å². The maximum atomic E-state index is 11.3. The fourth-order valence-electron chi connectivity index (χ4n) is 2.50. The van der Waals surface area contributed by atoms with Gasteiger partial charge in [-0.1, -0.05) is 45.0 Å². The molecule has 0 aliphatic rings. The third kappa shape index (κ3) is 4.66. The predicted octanol–water partition coefficient (Wildman–Crippen LogP) is 4.15. The van der Waals surface area contributed by atoms with Crippen molar-refractivity contribution in [2.45, 2.75) is 26.2 Å². The van der Waals surface area contributed by atoms with Gasteiger partial charge in [-0.15, -0.1) is 0 Å². The highest BCUT2D eigenvalue weighted by Gasteiger charge is 2.19. The minimum Gasteiger partial charge on any atom is -0.493 e. The fraction of sp³-hybridized carbons (Fsp3) is 0.350. The van der Waals surface area contributed by atoms with Crippen LogP contribution in [-0.2, 0) is 5.41 Å². The summed E-state index contributed by atoms with van der Waals surface area (Å²) in [7, 11) is 1.48. The lowest BCUT2D eigenvalue weighted by molar-refractivity contribution is 0.0690. The largest absolute Gasteiger partial charge is 0.493 e. The van der Waals surface area contributed by atoms with Crippen molar-refractivity contribution in [3.63, 3.8) is 0 Å². The number of rotatable bonds is 7. The average molecular weight is 344 g/mol. The van der Waals surface area contributed by atoms with Gasteiger partial charge >= 0.3 is 5.97 Å². The molecule has 0 saturated carbocycles. The summed E-state index contributed by atoms with van der Waals surface area (Å²) in [5.74, 6) is 0.338. The Balaban J connectivity index is 2.05. The van der Waals surface area contributed by atoms with E-state index < -0.39 is 5.97 Å². The molecule has 25 heavy (non-hydrogen) atoms. The molecule has 1 N–H and O–H groups in total. The van der Waals surface area contributed by atoms with Crippen LogP contribution in [0.1, 0.15) is 36.7 Å². The molecule has 0 aromatic heterocycles. The zero-order valence-electron chi connectivity index (χ0n) is 15.0. The van der Waals surface area contributed by atoms with Crippen molar-refractivity contribution in [2.24, 2.45) is 0 Å². The summed E-state index contributed by atoms with van der Waals surface area (Å²) in [4.78, 5) is 11.3. The standard InChI is InChI=1S/C20H24O5/c1-20(2,3)15-9-5-6-10-16(15)24-12-13-25-18-14(19(21)22)8-7-11-17(18)23-4/h5-11H,12-13H2,1-4H3,(H,21,22). The molecule has 0 atom stereocenters. The lowest BCUT2D eigenvalue weighted by Gasteiger charge is -2.22. The van der Waals surface area contributed by atoms with Gasteiger partial charge < -0.3 is 19.3 Å². The molecular weight excluding hydrogens is 320 g/mol. The summed E-state index contributed by atoms with van der Waals surface area (Å²) in [5.41, 5.74) is 1.14. The highest BCUT2D eigenvalue weighted by atomic mass is 16.5. The molecule has 0 radical (unpaired) electrons. The van der Waals surface area contributed by atoms with Crippen molar-refractivity contribution in [3.05, 3.63) is 53.6 Å². The van der Waals surface area contributed by atoms with E-state index in [1.165, 1.54) is 13.2 Å². The summed E-state index contributed by atoms with van der Waals surface area (Å²) in [6, 6.07) is 12.6. The molecule has 5 nitrogen and oxygen atoms in total. The molecule has 0 fully saturated rings. The molecular formula is C20H24O5. The highest BCUT2D eigenvalue weighted by molar-refractivity contribution is 5.92. The lowest BCUT2D eigenvalue weighted by atomic mass is 9.86. The second kappa shape index (κ2) is 7.92. The van der Waals surface area contributed by atoms with Crippen molar-refractivity contribution < 1.29 is 24.1 Å². The van der Waals surface area contributed by atoms with Gasteiger partial charge in [0.05, 0.1) is 7.11 Å². The van der Waals surface area contributed by atoms with Crippen LogP contribution in [0, 0.1) is 0 Å². The maximum absolute atomic E-state index is 11.3. The van der Waals surface area contributed by atoms with Crippen LogP contribution in [0.15, 0.2) is 42.5 Å². The molecule has 5 heteroatoms. The first-order valence-electron chi connectivity index (χ1n) is 8.10. The third-order valence-electron chi connectivity index (χ3n) is 3.71. The number of ether oxygens (including phenoxy) is 3. The van der Waals surface area contributed by atoms with Crippen LogP contribution >= 0.6 is 0 Å². The van der Waals surface area contributed by atoms with Crippen LogP contribution in [0.5, 0.6) is 17.2 Å². The molecule has 0 aliphatic carbocycles. The molecule has 0 unspecified atom stereocenters. The predicted molar refractivity (Wildman–Crippen MR) is 96.1 cm³/mol. The number of carbonyl (C=O) groups is 1. The SMILES string of the molecule is COc1cccc(C(=O)O)c1OCCOc1ccccc1C(C)(C)C. The Bertz CT molecular complexity index is 731. The van der Waals surface area contributed by atoms with Gasteiger partial charge in [-0.3, -0.25) is 0 Å². The Morgan fingerprint density at radius 3 is 2.24 bits per heavy atom. The second-order valence-corrected chi connectivity index (χ2v) is 6.59. The summed E-state index contributed by atoms with van der Waals surface area (Å²) in [6.07, 6.45) is 0. The van der Waals surface area contributed by atoms with Crippen LogP contribution in [-0.4, -0.2) is 31.4 Å². The van der Waals surface area contributed by atoms with Gasteiger partial charge in [0.2, 0.25) is 0 Å². The van der Waals surface area contributed by atoms with Crippen molar-refractivity contribution in [3.8, 4) is 17.2 Å². The lowest BCUT2D eigenvalue weighted by Crippen LogP contribution is -2.16. The van der Waals surface area contributed by atoms with Crippen LogP contribution in [0.25, 0.3) is 0 Å². The monoisotopic (exact) mass is 344 g/mol. The van der Waals surface area contributed by atoms with Crippen LogP contribution in [0.2, 0.25) is 0 Å². The zero-order chi connectivity index (χ0) is 18.4. The number of hydrogen-bond donors (Lipinski definition) is 1. The van der Waals surface area contributed by atoms with Gasteiger partial charge in [-0.05, 0) is 29.2 Å². The van der Waals surface area contributed by atoms with E-state index in [0.29, 0.717) is 12.4 Å². The first-order valence-corrected chi connectivity index (χ1v) is 8.10. The Hall–Kier alpha value is -2.69. The third-order valence-corrected chi connectivity index (χ3v) is 3.71. The molecule has 0 heterocycles. The molecule has 2 rings (SSSR count). The van der Waals surface area contributed by atoms with E-state index in [9.17, 15) is 9.90 Å². The Morgan fingerprint density at radius 1 is 0.960 bits per heavy atom. The van der Waals surface area contributed by atoms with E-state index in [1.54, 1.807) is 12.1 Å². The fourth-order valence-corrected chi connectivity index (χ4v) is 2.50. The van der Waals surface area contributed by atoms with E-state index in [0.717, 1.165) is 11.3 Å². The first kappa shape index (κ1) is 18.6. The van der Waals surface area contributed by atoms with Crippen molar-refractivity contribution >= 4 is 5.97 Å². The summed E-state index contributed by atoms with van der Waals surface area (Å²) in [5, 5.41) is 9.28. The summed E-state index contributed by atoms with van der Waals surface area (Å²) < 4.78 is 16.7. The topological polar surface area (TPSA) is 65.0 Å². The quantitative estimate of drug-likeness (QED) is 0.765. The van der Waals surface area contributed by atoms with Crippen molar-refractivity contribution in [2.75, 3.05) is 20.3 Å². The number of carboxylic acid groups (broad SMARTS) is 1. The minimum absolute atomic E-state index is 0.0312. The second-order valence-electron chi connectivity index (χ2n) is 6.59. The minimum atomic E-state index is -1.06.